The van der Waals surface area contributed by atoms with E-state index in [1.165, 1.54) is 10.7 Å². The fourth-order valence-electron chi connectivity index (χ4n) is 4.51. The van der Waals surface area contributed by atoms with Crippen LogP contribution in [0, 0.1) is 11.7 Å². The first kappa shape index (κ1) is 22.2. The molecule has 1 fully saturated rings. The number of nitrogens with zero attached hydrogens (tertiary/aromatic N) is 4. The molecule has 172 valence electrons. The number of hydrogen-bond acceptors (Lipinski definition) is 4. The molecule has 0 aliphatic carbocycles. The Hall–Kier alpha value is -2.97. The molecule has 1 N–H and O–H groups in total. The predicted octanol–water partition coefficient (Wildman–Crippen LogP) is 1.51. The van der Waals surface area contributed by atoms with Crippen LogP contribution in [0.15, 0.2) is 29.1 Å². The molecule has 0 spiro atoms. The van der Waals surface area contributed by atoms with Crippen LogP contribution < -0.4 is 11.0 Å². The fraction of sp³-hybridized carbons (Fsp3) is 0.565. The van der Waals surface area contributed by atoms with Crippen LogP contribution in [0.3, 0.4) is 0 Å². The quantitative estimate of drug-likeness (QED) is 0.733. The third-order valence-electron chi connectivity index (χ3n) is 6.44. The highest BCUT2D eigenvalue weighted by Crippen LogP contribution is 2.18. The number of aromatic nitrogens is 3. The molecule has 0 saturated carbocycles. The molecule has 2 amide bonds. The summed E-state index contributed by atoms with van der Waals surface area (Å²) in [6.07, 6.45) is 5.43. The van der Waals surface area contributed by atoms with Gasteiger partial charge in [-0.25, -0.2) is 13.9 Å². The van der Waals surface area contributed by atoms with Crippen LogP contribution in [-0.2, 0) is 35.5 Å². The minimum Gasteiger partial charge on any atom is -0.356 e. The fourth-order valence-corrected chi connectivity index (χ4v) is 4.51. The van der Waals surface area contributed by atoms with Crippen molar-refractivity contribution in [3.8, 4) is 0 Å². The minimum atomic E-state index is -0.262. The summed E-state index contributed by atoms with van der Waals surface area (Å²) in [6, 6.07) is 6.56. The first-order valence-corrected chi connectivity index (χ1v) is 11.5. The summed E-state index contributed by atoms with van der Waals surface area (Å²) in [6.45, 7) is 1.95. The van der Waals surface area contributed by atoms with E-state index in [0.29, 0.717) is 51.0 Å². The summed E-state index contributed by atoms with van der Waals surface area (Å²) in [4.78, 5) is 39.5. The van der Waals surface area contributed by atoms with Crippen molar-refractivity contribution in [2.45, 2.75) is 58.0 Å². The second-order valence-electron chi connectivity index (χ2n) is 8.61. The zero-order valence-corrected chi connectivity index (χ0v) is 18.3. The van der Waals surface area contributed by atoms with Gasteiger partial charge in [0.1, 0.15) is 18.2 Å². The van der Waals surface area contributed by atoms with Crippen molar-refractivity contribution in [3.05, 3.63) is 52.0 Å². The average molecular weight is 444 g/mol. The topological polar surface area (TPSA) is 89.2 Å². The molecule has 4 rings (SSSR count). The predicted molar refractivity (Wildman–Crippen MR) is 116 cm³/mol. The van der Waals surface area contributed by atoms with Crippen LogP contribution in [0.25, 0.3) is 0 Å². The minimum absolute atomic E-state index is 0.0532. The maximum Gasteiger partial charge on any atom is 0.346 e. The van der Waals surface area contributed by atoms with Crippen molar-refractivity contribution in [1.82, 2.24) is 24.6 Å². The van der Waals surface area contributed by atoms with Gasteiger partial charge < -0.3 is 10.2 Å². The molecule has 9 heteroatoms. The molecular formula is C23H30FN5O3. The van der Waals surface area contributed by atoms with Crippen molar-refractivity contribution < 1.29 is 14.0 Å². The number of rotatable bonds is 6. The Bertz CT molecular complexity index is 1020. The number of fused-ring (bicyclic) bond motifs is 1. The van der Waals surface area contributed by atoms with Gasteiger partial charge in [0, 0.05) is 38.5 Å². The highest BCUT2D eigenvalue weighted by atomic mass is 19.1. The van der Waals surface area contributed by atoms with E-state index in [9.17, 15) is 18.8 Å². The average Bonchev–Trinajstić information content (AvgIpc) is 2.95. The molecule has 0 unspecified atom stereocenters. The highest BCUT2D eigenvalue weighted by molar-refractivity contribution is 5.80. The lowest BCUT2D eigenvalue weighted by atomic mass is 9.95. The van der Waals surface area contributed by atoms with E-state index in [2.05, 4.69) is 10.4 Å². The van der Waals surface area contributed by atoms with Gasteiger partial charge in [0.05, 0.1) is 0 Å². The zero-order valence-electron chi connectivity index (χ0n) is 18.3. The number of carbonyl (C=O) groups is 2. The molecule has 1 aromatic heterocycles. The second-order valence-corrected chi connectivity index (χ2v) is 8.61. The van der Waals surface area contributed by atoms with Crippen LogP contribution in [-0.4, -0.2) is 50.7 Å². The number of aryl methyl sites for hydroxylation is 1. The number of hydrogen-bond donors (Lipinski definition) is 1. The summed E-state index contributed by atoms with van der Waals surface area (Å²) in [7, 11) is 0. The molecule has 0 atom stereocenters. The van der Waals surface area contributed by atoms with Crippen molar-refractivity contribution in [3.63, 3.8) is 0 Å². The monoisotopic (exact) mass is 443 g/mol. The molecular weight excluding hydrogens is 413 g/mol. The summed E-state index contributed by atoms with van der Waals surface area (Å²) in [5.41, 5.74) is 0.374. The van der Waals surface area contributed by atoms with Crippen LogP contribution >= 0.6 is 0 Å². The van der Waals surface area contributed by atoms with Gasteiger partial charge in [-0.3, -0.25) is 14.2 Å². The van der Waals surface area contributed by atoms with Crippen molar-refractivity contribution in [2.75, 3.05) is 19.6 Å². The number of nitrogens with one attached hydrogen (secondary N) is 1. The summed E-state index contributed by atoms with van der Waals surface area (Å²) < 4.78 is 16.7. The second kappa shape index (κ2) is 10.1. The van der Waals surface area contributed by atoms with Gasteiger partial charge in [-0.05, 0) is 43.7 Å². The standard InChI is InChI=1S/C23H30FN5O3/c24-19-7-4-3-6-17(19)9-12-25-22(31)18-10-14-27(15-11-18)21(30)16-29-23(32)28-13-5-1-2-8-20(28)26-29/h3-4,6-7,18H,1-2,5,8-16H2,(H,25,31). The number of piperidine rings is 1. The molecule has 8 nitrogen and oxygen atoms in total. The summed E-state index contributed by atoms with van der Waals surface area (Å²) in [5, 5.41) is 7.27. The Labute approximate surface area is 186 Å². The SMILES string of the molecule is O=C(NCCc1ccccc1F)C1CCN(C(=O)Cn2nc3n(c2=O)CCCCC3)CC1. The largest absolute Gasteiger partial charge is 0.356 e. The Morgan fingerprint density at radius 2 is 1.88 bits per heavy atom. The third-order valence-corrected chi connectivity index (χ3v) is 6.44. The Kier molecular flexibility index (Phi) is 7.02. The molecule has 1 aromatic carbocycles. The Morgan fingerprint density at radius 3 is 2.66 bits per heavy atom. The third kappa shape index (κ3) is 5.08. The lowest BCUT2D eigenvalue weighted by molar-refractivity contribution is -0.136. The van der Waals surface area contributed by atoms with Crippen LogP contribution in [0.2, 0.25) is 0 Å². The molecule has 2 aliphatic heterocycles. The van der Waals surface area contributed by atoms with E-state index < -0.39 is 0 Å². The number of carbonyl (C=O) groups excluding carboxylic acids is 2. The van der Waals surface area contributed by atoms with Gasteiger partial charge >= 0.3 is 5.69 Å². The molecule has 2 aromatic rings. The Balaban J connectivity index is 1.24. The number of amides is 2. The van der Waals surface area contributed by atoms with E-state index in [0.717, 1.165) is 31.5 Å². The summed E-state index contributed by atoms with van der Waals surface area (Å²) in [5.74, 6) is 0.153. The maximum absolute atomic E-state index is 13.7. The molecule has 2 aliphatic rings. The first-order valence-electron chi connectivity index (χ1n) is 11.5. The van der Waals surface area contributed by atoms with Gasteiger partial charge in [0.15, 0.2) is 0 Å². The summed E-state index contributed by atoms with van der Waals surface area (Å²) >= 11 is 0. The zero-order chi connectivity index (χ0) is 22.5. The number of likely N-dealkylation sites (tertiary alicyclic amines) is 1. The van der Waals surface area contributed by atoms with Gasteiger partial charge in [-0.2, -0.15) is 5.10 Å². The van der Waals surface area contributed by atoms with Gasteiger partial charge in [-0.15, -0.1) is 0 Å². The van der Waals surface area contributed by atoms with Crippen LogP contribution in [0.5, 0.6) is 0 Å². The van der Waals surface area contributed by atoms with Crippen LogP contribution in [0.4, 0.5) is 4.39 Å². The van der Waals surface area contributed by atoms with Gasteiger partial charge in [0.25, 0.3) is 0 Å². The highest BCUT2D eigenvalue weighted by Gasteiger charge is 2.28. The lowest BCUT2D eigenvalue weighted by Crippen LogP contribution is -2.45. The van der Waals surface area contributed by atoms with Crippen molar-refractivity contribution in [2.24, 2.45) is 5.92 Å². The normalized spacial score (nSPS) is 17.0. The molecule has 3 heterocycles. The molecule has 0 bridgehead atoms. The maximum atomic E-state index is 13.7. The van der Waals surface area contributed by atoms with Crippen molar-refractivity contribution in [1.29, 1.82) is 0 Å². The first-order chi connectivity index (χ1) is 15.5. The number of halogens is 1. The van der Waals surface area contributed by atoms with Crippen molar-refractivity contribution >= 4 is 11.8 Å². The number of benzene rings is 1. The van der Waals surface area contributed by atoms with E-state index in [1.54, 1.807) is 27.7 Å². The van der Waals surface area contributed by atoms with Gasteiger partial charge in [-0.1, -0.05) is 24.6 Å². The Morgan fingerprint density at radius 1 is 1.09 bits per heavy atom. The van der Waals surface area contributed by atoms with Gasteiger partial charge in [0.2, 0.25) is 11.8 Å². The lowest BCUT2D eigenvalue weighted by Gasteiger charge is -2.31. The molecule has 0 radical (unpaired) electrons. The van der Waals surface area contributed by atoms with E-state index in [4.69, 9.17) is 0 Å². The smallest absolute Gasteiger partial charge is 0.346 e. The molecule has 32 heavy (non-hydrogen) atoms. The van der Waals surface area contributed by atoms with E-state index in [1.807, 2.05) is 0 Å². The van der Waals surface area contributed by atoms with E-state index in [-0.39, 0.29) is 35.8 Å². The van der Waals surface area contributed by atoms with Crippen LogP contribution in [0.1, 0.15) is 43.5 Å². The molecule has 1 saturated heterocycles. The van der Waals surface area contributed by atoms with E-state index >= 15 is 0 Å².